The van der Waals surface area contributed by atoms with E-state index in [4.69, 9.17) is 22.1 Å². The minimum Gasteiger partial charge on any atom is -0.455 e. The Labute approximate surface area is 127 Å². The molecule has 0 aromatic heterocycles. The average Bonchev–Trinajstić information content (AvgIpc) is 2.71. The zero-order chi connectivity index (χ0) is 15.1. The van der Waals surface area contributed by atoms with Crippen molar-refractivity contribution >= 4 is 23.2 Å². The summed E-state index contributed by atoms with van der Waals surface area (Å²) < 4.78 is 5.89. The second-order valence-corrected chi connectivity index (χ2v) is 5.54. The van der Waals surface area contributed by atoms with Gasteiger partial charge in [0, 0.05) is 17.3 Å². The Morgan fingerprint density at radius 2 is 2.00 bits per heavy atom. The highest BCUT2D eigenvalue weighted by Crippen LogP contribution is 2.40. The summed E-state index contributed by atoms with van der Waals surface area (Å²) in [7, 11) is 0. The number of halogens is 1. The third-order valence-electron chi connectivity index (χ3n) is 3.75. The number of aryl methyl sites for hydroxylation is 1. The smallest absolute Gasteiger partial charge is 0.245 e. The number of hydrogen-bond acceptors (Lipinski definition) is 3. The number of anilines is 1. The fourth-order valence-corrected chi connectivity index (χ4v) is 2.53. The third kappa shape index (κ3) is 2.37. The van der Waals surface area contributed by atoms with Crippen LogP contribution in [0.3, 0.4) is 0 Å². The molecule has 5 heteroatoms. The van der Waals surface area contributed by atoms with Gasteiger partial charge in [0.05, 0.1) is 5.02 Å². The molecule has 0 radical (unpaired) electrons. The van der Waals surface area contributed by atoms with Gasteiger partial charge in [-0.25, -0.2) is 0 Å². The van der Waals surface area contributed by atoms with Crippen LogP contribution in [-0.2, 0) is 4.79 Å². The highest BCUT2D eigenvalue weighted by Gasteiger charge is 2.28. The summed E-state index contributed by atoms with van der Waals surface area (Å²) in [5.41, 5.74) is 9.33. The number of carbonyl (C=O) groups is 1. The number of benzene rings is 2. The number of ether oxygens (including phenoxy) is 1. The Hall–Kier alpha value is -2.04. The van der Waals surface area contributed by atoms with E-state index in [0.717, 1.165) is 16.9 Å². The minimum absolute atomic E-state index is 0.232. The lowest BCUT2D eigenvalue weighted by Gasteiger charge is -2.13. The molecule has 2 aromatic rings. The number of fused-ring (bicyclic) bond motifs is 1. The first kappa shape index (κ1) is 13.9. The van der Waals surface area contributed by atoms with Crippen LogP contribution in [0.5, 0.6) is 11.5 Å². The fourth-order valence-electron chi connectivity index (χ4n) is 2.32. The van der Waals surface area contributed by atoms with E-state index in [9.17, 15) is 4.79 Å². The molecule has 108 valence electrons. The number of nitrogens with one attached hydrogen (secondary N) is 1. The molecule has 0 fully saturated rings. The Kier molecular flexibility index (Phi) is 3.35. The normalized spacial score (nSPS) is 16.6. The first-order valence-corrected chi connectivity index (χ1v) is 6.99. The Bertz CT molecular complexity index is 743. The van der Waals surface area contributed by atoms with Crippen LogP contribution in [-0.4, -0.2) is 5.91 Å². The summed E-state index contributed by atoms with van der Waals surface area (Å²) in [6.07, 6.45) is 0. The maximum Gasteiger partial charge on any atom is 0.245 e. The maximum absolute atomic E-state index is 11.6. The van der Waals surface area contributed by atoms with E-state index in [2.05, 4.69) is 5.32 Å². The second-order valence-electron chi connectivity index (χ2n) is 5.14. The summed E-state index contributed by atoms with van der Waals surface area (Å²) in [5, 5.41) is 3.16. The molecule has 0 aliphatic carbocycles. The maximum atomic E-state index is 11.6. The van der Waals surface area contributed by atoms with E-state index < -0.39 is 6.04 Å². The van der Waals surface area contributed by atoms with E-state index in [1.165, 1.54) is 0 Å². The highest BCUT2D eigenvalue weighted by atomic mass is 35.5. The van der Waals surface area contributed by atoms with E-state index in [-0.39, 0.29) is 5.91 Å². The van der Waals surface area contributed by atoms with Gasteiger partial charge in [-0.2, -0.15) is 0 Å². The van der Waals surface area contributed by atoms with Gasteiger partial charge in [0.1, 0.15) is 17.5 Å². The van der Waals surface area contributed by atoms with Crippen LogP contribution >= 0.6 is 11.6 Å². The van der Waals surface area contributed by atoms with Crippen molar-refractivity contribution in [3.8, 4) is 11.5 Å². The summed E-state index contributed by atoms with van der Waals surface area (Å²) >= 11 is 6.24. The van der Waals surface area contributed by atoms with E-state index in [1.54, 1.807) is 12.1 Å². The fraction of sp³-hybridized carbons (Fsp3) is 0.188. The summed E-state index contributed by atoms with van der Waals surface area (Å²) in [4.78, 5) is 11.6. The van der Waals surface area contributed by atoms with Crippen molar-refractivity contribution in [1.82, 2.24) is 0 Å². The van der Waals surface area contributed by atoms with Crippen molar-refractivity contribution in [1.29, 1.82) is 0 Å². The predicted octanol–water partition coefficient (Wildman–Crippen LogP) is 3.70. The summed E-state index contributed by atoms with van der Waals surface area (Å²) in [5.74, 6) is 1.01. The van der Waals surface area contributed by atoms with Crippen LogP contribution in [0.25, 0.3) is 0 Å². The van der Waals surface area contributed by atoms with Crippen LogP contribution in [0.2, 0.25) is 5.02 Å². The highest BCUT2D eigenvalue weighted by molar-refractivity contribution is 6.32. The molecule has 0 bridgehead atoms. The molecule has 21 heavy (non-hydrogen) atoms. The molecule has 1 unspecified atom stereocenters. The van der Waals surface area contributed by atoms with Gasteiger partial charge in [0.15, 0.2) is 0 Å². The SMILES string of the molecule is Cc1cccc(Oc2cc3c(cc2Cl)C(N)C(=O)N3)c1C. The van der Waals surface area contributed by atoms with E-state index in [1.807, 2.05) is 32.0 Å². The molecule has 1 amide bonds. The molecule has 1 heterocycles. The van der Waals surface area contributed by atoms with Crippen molar-refractivity contribution in [2.45, 2.75) is 19.9 Å². The van der Waals surface area contributed by atoms with Crippen molar-refractivity contribution in [3.05, 3.63) is 52.0 Å². The molecule has 0 saturated heterocycles. The van der Waals surface area contributed by atoms with Gasteiger partial charge >= 0.3 is 0 Å². The standard InChI is InChI=1S/C16H15ClN2O2/c1-8-4-3-5-13(9(8)2)21-14-7-12-10(6-11(14)17)15(18)16(20)19-12/h3-7,15H,18H2,1-2H3,(H,19,20). The largest absolute Gasteiger partial charge is 0.455 e. The molecule has 0 spiro atoms. The van der Waals surface area contributed by atoms with Crippen LogP contribution in [0.15, 0.2) is 30.3 Å². The van der Waals surface area contributed by atoms with Crippen LogP contribution in [0.1, 0.15) is 22.7 Å². The lowest BCUT2D eigenvalue weighted by atomic mass is 10.1. The second kappa shape index (κ2) is 5.06. The van der Waals surface area contributed by atoms with Gasteiger partial charge in [-0.1, -0.05) is 23.7 Å². The molecule has 3 rings (SSSR count). The molecule has 4 nitrogen and oxygen atoms in total. The number of rotatable bonds is 2. The van der Waals surface area contributed by atoms with Crippen molar-refractivity contribution in [3.63, 3.8) is 0 Å². The molecule has 3 N–H and O–H groups in total. The first-order valence-electron chi connectivity index (χ1n) is 6.61. The molecule has 0 saturated carbocycles. The van der Waals surface area contributed by atoms with Crippen molar-refractivity contribution in [2.75, 3.05) is 5.32 Å². The zero-order valence-electron chi connectivity index (χ0n) is 11.7. The van der Waals surface area contributed by atoms with E-state index in [0.29, 0.717) is 22.0 Å². The monoisotopic (exact) mass is 302 g/mol. The molecule has 1 aliphatic rings. The Morgan fingerprint density at radius 1 is 1.24 bits per heavy atom. The number of carbonyl (C=O) groups excluding carboxylic acids is 1. The number of hydrogen-bond donors (Lipinski definition) is 2. The molecule has 1 aliphatic heterocycles. The number of nitrogens with two attached hydrogens (primary N) is 1. The lowest BCUT2D eigenvalue weighted by Crippen LogP contribution is -2.19. The van der Waals surface area contributed by atoms with Gasteiger partial charge in [-0.15, -0.1) is 0 Å². The molecular formula is C16H15ClN2O2. The molecular weight excluding hydrogens is 288 g/mol. The predicted molar refractivity (Wildman–Crippen MR) is 83.0 cm³/mol. The molecule has 1 atom stereocenters. The average molecular weight is 303 g/mol. The van der Waals surface area contributed by atoms with Crippen LogP contribution < -0.4 is 15.8 Å². The minimum atomic E-state index is -0.674. The topological polar surface area (TPSA) is 64.3 Å². The van der Waals surface area contributed by atoms with Gasteiger partial charge in [-0.3, -0.25) is 4.79 Å². The summed E-state index contributed by atoms with van der Waals surface area (Å²) in [6, 6.07) is 8.55. The Balaban J connectivity index is 1.99. The van der Waals surface area contributed by atoms with Crippen molar-refractivity contribution in [2.24, 2.45) is 5.73 Å². The molecule has 2 aromatic carbocycles. The summed E-state index contributed by atoms with van der Waals surface area (Å²) in [6.45, 7) is 4.01. The van der Waals surface area contributed by atoms with Gasteiger partial charge in [-0.05, 0) is 37.1 Å². The van der Waals surface area contributed by atoms with Gasteiger partial charge in [0.25, 0.3) is 0 Å². The van der Waals surface area contributed by atoms with Crippen molar-refractivity contribution < 1.29 is 9.53 Å². The van der Waals surface area contributed by atoms with Crippen LogP contribution in [0, 0.1) is 13.8 Å². The van der Waals surface area contributed by atoms with Gasteiger partial charge in [0.2, 0.25) is 5.91 Å². The van der Waals surface area contributed by atoms with Crippen LogP contribution in [0.4, 0.5) is 5.69 Å². The Morgan fingerprint density at radius 3 is 2.76 bits per heavy atom. The third-order valence-corrected chi connectivity index (χ3v) is 4.05. The quantitative estimate of drug-likeness (QED) is 0.889. The lowest BCUT2D eigenvalue weighted by molar-refractivity contribution is -0.116. The number of amides is 1. The zero-order valence-corrected chi connectivity index (χ0v) is 12.5. The van der Waals surface area contributed by atoms with E-state index >= 15 is 0 Å². The van der Waals surface area contributed by atoms with Gasteiger partial charge < -0.3 is 15.8 Å². The first-order chi connectivity index (χ1) is 9.97.